The maximum atomic E-state index is 11.7. The molecule has 1 aromatic carbocycles. The lowest BCUT2D eigenvalue weighted by atomic mass is 10.1. The molecule has 0 saturated heterocycles. The lowest BCUT2D eigenvalue weighted by molar-refractivity contribution is -0.111. The number of hydrogen-bond donors (Lipinski definition) is 2. The number of benzene rings is 1. The molecule has 0 aliphatic rings. The summed E-state index contributed by atoms with van der Waals surface area (Å²) in [6, 6.07) is 7.41. The summed E-state index contributed by atoms with van der Waals surface area (Å²) in [5, 5.41) is 15.6. The van der Waals surface area contributed by atoms with E-state index in [1.54, 1.807) is 17.0 Å². The van der Waals surface area contributed by atoms with Gasteiger partial charge in [0.1, 0.15) is 0 Å². The fraction of sp³-hybridized carbons (Fsp3) is 0.200. The average Bonchev–Trinajstić information content (AvgIpc) is 2.85. The van der Waals surface area contributed by atoms with E-state index in [2.05, 4.69) is 10.4 Å². The summed E-state index contributed by atoms with van der Waals surface area (Å²) >= 11 is 0. The van der Waals surface area contributed by atoms with Crippen LogP contribution >= 0.6 is 0 Å². The van der Waals surface area contributed by atoms with Crippen LogP contribution in [0, 0.1) is 0 Å². The van der Waals surface area contributed by atoms with Crippen LogP contribution in [0.25, 0.3) is 6.08 Å². The molecule has 0 radical (unpaired) electrons. The van der Waals surface area contributed by atoms with Crippen molar-refractivity contribution in [3.63, 3.8) is 0 Å². The number of nitrogens with one attached hydrogen (secondary N) is 1. The SMILES string of the molecule is Cn1cc(/C=C/C(=O)Nc2ccc(CCO)cc2)cn1. The first-order chi connectivity index (χ1) is 9.67. The Bertz CT molecular complexity index is 600. The first-order valence-corrected chi connectivity index (χ1v) is 6.35. The Kier molecular flexibility index (Phi) is 4.68. The van der Waals surface area contributed by atoms with E-state index in [4.69, 9.17) is 5.11 Å². The standard InChI is InChI=1S/C15H17N3O2/c1-18-11-13(10-16-18)4-7-15(20)17-14-5-2-12(3-6-14)8-9-19/h2-7,10-11,19H,8-9H2,1H3,(H,17,20)/b7-4+. The zero-order valence-electron chi connectivity index (χ0n) is 11.3. The zero-order chi connectivity index (χ0) is 14.4. The molecule has 0 unspecified atom stereocenters. The van der Waals surface area contributed by atoms with Crippen LogP contribution in [-0.4, -0.2) is 27.4 Å². The van der Waals surface area contributed by atoms with Gasteiger partial charge in [-0.05, 0) is 30.2 Å². The molecular weight excluding hydrogens is 254 g/mol. The molecule has 2 rings (SSSR count). The molecule has 2 aromatic rings. The van der Waals surface area contributed by atoms with Crippen molar-refractivity contribution >= 4 is 17.7 Å². The van der Waals surface area contributed by atoms with E-state index in [-0.39, 0.29) is 12.5 Å². The Labute approximate surface area is 117 Å². The van der Waals surface area contributed by atoms with Crippen molar-refractivity contribution in [2.45, 2.75) is 6.42 Å². The maximum absolute atomic E-state index is 11.7. The first-order valence-electron chi connectivity index (χ1n) is 6.35. The Balaban J connectivity index is 1.92. The number of anilines is 1. The van der Waals surface area contributed by atoms with Crippen molar-refractivity contribution in [3.05, 3.63) is 53.9 Å². The molecule has 0 fully saturated rings. The Hall–Kier alpha value is -2.40. The van der Waals surface area contributed by atoms with Crippen LogP contribution in [0.1, 0.15) is 11.1 Å². The van der Waals surface area contributed by atoms with Crippen LogP contribution in [0.15, 0.2) is 42.7 Å². The van der Waals surface area contributed by atoms with Gasteiger partial charge in [0, 0.05) is 37.2 Å². The minimum atomic E-state index is -0.191. The topological polar surface area (TPSA) is 67.2 Å². The highest BCUT2D eigenvalue weighted by Crippen LogP contribution is 2.10. The van der Waals surface area contributed by atoms with Crippen LogP contribution in [-0.2, 0) is 18.3 Å². The first kappa shape index (κ1) is 14.0. The van der Waals surface area contributed by atoms with E-state index in [9.17, 15) is 4.79 Å². The fourth-order valence-electron chi connectivity index (χ4n) is 1.77. The summed E-state index contributed by atoms with van der Waals surface area (Å²) in [6.45, 7) is 0.125. The number of nitrogens with zero attached hydrogens (tertiary/aromatic N) is 2. The fourth-order valence-corrected chi connectivity index (χ4v) is 1.77. The minimum Gasteiger partial charge on any atom is -0.396 e. The van der Waals surface area contributed by atoms with E-state index in [1.807, 2.05) is 37.5 Å². The summed E-state index contributed by atoms with van der Waals surface area (Å²) in [7, 11) is 1.82. The molecule has 5 heteroatoms. The third kappa shape index (κ3) is 4.07. The largest absolute Gasteiger partial charge is 0.396 e. The van der Waals surface area contributed by atoms with Crippen molar-refractivity contribution in [2.24, 2.45) is 7.05 Å². The summed E-state index contributed by atoms with van der Waals surface area (Å²) in [4.78, 5) is 11.7. The van der Waals surface area contributed by atoms with Crippen molar-refractivity contribution in [3.8, 4) is 0 Å². The van der Waals surface area contributed by atoms with Gasteiger partial charge in [-0.3, -0.25) is 9.48 Å². The maximum Gasteiger partial charge on any atom is 0.248 e. The molecule has 1 aromatic heterocycles. The number of rotatable bonds is 5. The second kappa shape index (κ2) is 6.68. The predicted molar refractivity (Wildman–Crippen MR) is 78.1 cm³/mol. The highest BCUT2D eigenvalue weighted by Gasteiger charge is 1.99. The molecular formula is C15H17N3O2. The van der Waals surface area contributed by atoms with Crippen LogP contribution in [0.5, 0.6) is 0 Å². The molecule has 0 saturated carbocycles. The van der Waals surface area contributed by atoms with Gasteiger partial charge in [-0.25, -0.2) is 0 Å². The van der Waals surface area contributed by atoms with Gasteiger partial charge >= 0.3 is 0 Å². The molecule has 2 N–H and O–H groups in total. The van der Waals surface area contributed by atoms with Crippen molar-refractivity contribution in [1.29, 1.82) is 0 Å². The van der Waals surface area contributed by atoms with Crippen molar-refractivity contribution < 1.29 is 9.90 Å². The highest BCUT2D eigenvalue weighted by atomic mass is 16.2. The van der Waals surface area contributed by atoms with Gasteiger partial charge in [0.15, 0.2) is 0 Å². The molecule has 1 heterocycles. The molecule has 1 amide bonds. The molecule has 0 bridgehead atoms. The van der Waals surface area contributed by atoms with Gasteiger partial charge in [0.05, 0.1) is 6.20 Å². The monoisotopic (exact) mass is 271 g/mol. The van der Waals surface area contributed by atoms with Gasteiger partial charge in [-0.1, -0.05) is 12.1 Å². The highest BCUT2D eigenvalue weighted by molar-refractivity contribution is 6.01. The quantitative estimate of drug-likeness (QED) is 0.812. The van der Waals surface area contributed by atoms with E-state index in [1.165, 1.54) is 6.08 Å². The summed E-state index contributed by atoms with van der Waals surface area (Å²) in [6.07, 6.45) is 7.32. The molecule has 0 atom stereocenters. The molecule has 0 aliphatic heterocycles. The molecule has 5 nitrogen and oxygen atoms in total. The number of aliphatic hydroxyl groups is 1. The van der Waals surface area contributed by atoms with Gasteiger partial charge in [0.25, 0.3) is 0 Å². The average molecular weight is 271 g/mol. The number of hydrogen-bond acceptors (Lipinski definition) is 3. The van der Waals surface area contributed by atoms with Gasteiger partial charge in [-0.15, -0.1) is 0 Å². The van der Waals surface area contributed by atoms with E-state index in [0.717, 1.165) is 16.8 Å². The summed E-state index contributed by atoms with van der Waals surface area (Å²) in [5.41, 5.74) is 2.64. The third-order valence-corrected chi connectivity index (χ3v) is 2.77. The van der Waals surface area contributed by atoms with E-state index >= 15 is 0 Å². The lowest BCUT2D eigenvalue weighted by Gasteiger charge is -2.03. The van der Waals surface area contributed by atoms with Gasteiger partial charge < -0.3 is 10.4 Å². The summed E-state index contributed by atoms with van der Waals surface area (Å²) in [5.74, 6) is -0.191. The van der Waals surface area contributed by atoms with E-state index in [0.29, 0.717) is 6.42 Å². The number of aryl methyl sites for hydroxylation is 1. The van der Waals surface area contributed by atoms with Gasteiger partial charge in [0.2, 0.25) is 5.91 Å². The zero-order valence-corrected chi connectivity index (χ0v) is 11.3. The predicted octanol–water partition coefficient (Wildman–Crippen LogP) is 1.61. The molecule has 0 aliphatic carbocycles. The Morgan fingerprint density at radius 3 is 2.75 bits per heavy atom. The Morgan fingerprint density at radius 1 is 1.40 bits per heavy atom. The molecule has 104 valence electrons. The molecule has 0 spiro atoms. The second-order valence-corrected chi connectivity index (χ2v) is 4.44. The number of aliphatic hydroxyl groups excluding tert-OH is 1. The number of carbonyl (C=O) groups excluding carboxylic acids is 1. The molecule has 20 heavy (non-hydrogen) atoms. The lowest BCUT2D eigenvalue weighted by Crippen LogP contribution is -2.07. The summed E-state index contributed by atoms with van der Waals surface area (Å²) < 4.78 is 1.68. The Morgan fingerprint density at radius 2 is 2.15 bits per heavy atom. The van der Waals surface area contributed by atoms with E-state index < -0.39 is 0 Å². The van der Waals surface area contributed by atoms with Crippen LogP contribution in [0.2, 0.25) is 0 Å². The number of carbonyl (C=O) groups is 1. The third-order valence-electron chi connectivity index (χ3n) is 2.77. The smallest absolute Gasteiger partial charge is 0.248 e. The minimum absolute atomic E-state index is 0.125. The van der Waals surface area contributed by atoms with Crippen LogP contribution in [0.4, 0.5) is 5.69 Å². The second-order valence-electron chi connectivity index (χ2n) is 4.44. The van der Waals surface area contributed by atoms with Gasteiger partial charge in [-0.2, -0.15) is 5.10 Å². The van der Waals surface area contributed by atoms with Crippen LogP contribution < -0.4 is 5.32 Å². The number of amides is 1. The van der Waals surface area contributed by atoms with Crippen LogP contribution in [0.3, 0.4) is 0 Å². The van der Waals surface area contributed by atoms with Crippen molar-refractivity contribution in [1.82, 2.24) is 9.78 Å². The van der Waals surface area contributed by atoms with Crippen molar-refractivity contribution in [2.75, 3.05) is 11.9 Å². The number of aromatic nitrogens is 2. The normalized spacial score (nSPS) is 10.9.